The van der Waals surface area contributed by atoms with Gasteiger partial charge in [0.2, 0.25) is 0 Å². The van der Waals surface area contributed by atoms with Gasteiger partial charge in [-0.1, -0.05) is 12.0 Å². The number of benzene rings is 2. The first-order valence-corrected chi connectivity index (χ1v) is 18.9. The third kappa shape index (κ3) is 6.17. The summed E-state index contributed by atoms with van der Waals surface area (Å²) in [7, 11) is 0. The number of fused-ring (bicyclic) bond motifs is 4. The predicted molar refractivity (Wildman–Crippen MR) is 197 cm³/mol. The number of terminal acetylenes is 1. The molecular weight excluding hydrogens is 714 g/mol. The van der Waals surface area contributed by atoms with Crippen LogP contribution in [-0.2, 0) is 17.6 Å². The second-order valence-electron chi connectivity index (χ2n) is 15.0. The highest BCUT2D eigenvalue weighted by Gasteiger charge is 2.49. The topological polar surface area (TPSA) is 110 Å². The van der Waals surface area contributed by atoms with Gasteiger partial charge in [-0.15, -0.1) is 6.42 Å². The van der Waals surface area contributed by atoms with Crippen molar-refractivity contribution in [1.29, 1.82) is 0 Å². The molecule has 0 aliphatic carbocycles. The number of phenolic OH excluding ortho intramolecular Hbond substituents is 1. The largest absolute Gasteiger partial charge is 0.508 e. The molecule has 3 fully saturated rings. The molecule has 3 saturated heterocycles. The summed E-state index contributed by atoms with van der Waals surface area (Å²) in [5.74, 6) is 1.38. The van der Waals surface area contributed by atoms with Crippen molar-refractivity contribution in [2.75, 3.05) is 37.8 Å². The minimum atomic E-state index is -2.68. The van der Waals surface area contributed by atoms with Gasteiger partial charge in [0, 0.05) is 42.5 Å². The predicted octanol–water partition coefficient (Wildman–Crippen LogP) is 7.09. The molecule has 0 radical (unpaired) electrons. The van der Waals surface area contributed by atoms with Crippen LogP contribution in [0, 0.1) is 24.0 Å². The number of nitrogens with zero attached hydrogens (tertiary/aromatic N) is 7. The molecule has 14 heteroatoms. The van der Waals surface area contributed by atoms with E-state index in [-0.39, 0.29) is 69.4 Å². The number of pyridine rings is 1. The summed E-state index contributed by atoms with van der Waals surface area (Å²) >= 11 is 0. The van der Waals surface area contributed by atoms with Gasteiger partial charge < -0.3 is 19.5 Å². The Bertz CT molecular complexity index is 2360. The molecule has 0 amide bonds. The van der Waals surface area contributed by atoms with Crippen molar-refractivity contribution >= 4 is 27.5 Å². The molecule has 10 nitrogen and oxygen atoms in total. The molecule has 9 rings (SSSR count). The molecule has 5 aromatic rings. The number of phenols is 1. The highest BCUT2D eigenvalue weighted by atomic mass is 19.3. The van der Waals surface area contributed by atoms with Crippen LogP contribution < -0.4 is 9.64 Å². The van der Waals surface area contributed by atoms with Crippen molar-refractivity contribution in [3.63, 3.8) is 0 Å². The fraction of sp³-hybridized carbons (Fsp3) is 0.439. The SMILES string of the molecule is C#Cc1c(F)ccc2cc(O)cc(-c3nc4c5c(nc(OC[C@@]67CCCN6[C@H](CCc6nccnc6C(F)F)CC7)nc5c3F)N3CCCOC[C@@H]3CC4)c12. The molecule has 1 N–H and O–H groups in total. The molecule has 4 aliphatic rings. The molecule has 0 spiro atoms. The molecule has 7 heterocycles. The molecule has 55 heavy (non-hydrogen) atoms. The molecule has 284 valence electrons. The van der Waals surface area contributed by atoms with Crippen LogP contribution in [0.3, 0.4) is 0 Å². The lowest BCUT2D eigenvalue weighted by Gasteiger charge is -2.35. The highest BCUT2D eigenvalue weighted by molar-refractivity contribution is 6.03. The Labute approximate surface area is 314 Å². The Hall–Kier alpha value is -5.13. The summed E-state index contributed by atoms with van der Waals surface area (Å²) in [6.07, 6.45) is 12.3. The molecule has 4 aliphatic heterocycles. The van der Waals surface area contributed by atoms with Gasteiger partial charge in [0.05, 0.1) is 40.5 Å². The first-order valence-electron chi connectivity index (χ1n) is 18.9. The van der Waals surface area contributed by atoms with Crippen LogP contribution in [0.25, 0.3) is 32.9 Å². The van der Waals surface area contributed by atoms with Crippen molar-refractivity contribution < 1.29 is 32.1 Å². The second kappa shape index (κ2) is 14.2. The minimum absolute atomic E-state index is 0.0184. The second-order valence-corrected chi connectivity index (χ2v) is 15.0. The number of halogens is 4. The maximum Gasteiger partial charge on any atom is 0.319 e. The number of hydrogen-bond acceptors (Lipinski definition) is 10. The van der Waals surface area contributed by atoms with E-state index in [1.807, 2.05) is 0 Å². The fourth-order valence-corrected chi connectivity index (χ4v) is 9.41. The van der Waals surface area contributed by atoms with Crippen LogP contribution in [0.2, 0.25) is 0 Å². The molecule has 0 unspecified atom stereocenters. The number of aromatic hydroxyl groups is 1. The fourth-order valence-electron chi connectivity index (χ4n) is 9.41. The monoisotopic (exact) mass is 753 g/mol. The number of rotatable bonds is 8. The average molecular weight is 754 g/mol. The molecular formula is C41H39F4N7O3. The molecule has 3 aromatic heterocycles. The first kappa shape index (κ1) is 35.6. The summed E-state index contributed by atoms with van der Waals surface area (Å²) in [5.41, 5.74) is 0.337. The Morgan fingerprint density at radius 1 is 1.04 bits per heavy atom. The third-order valence-electron chi connectivity index (χ3n) is 11.9. The normalized spacial score (nSPS) is 22.4. The summed E-state index contributed by atoms with van der Waals surface area (Å²) < 4.78 is 72.1. The molecule has 2 aromatic carbocycles. The van der Waals surface area contributed by atoms with Gasteiger partial charge in [-0.25, -0.2) is 22.5 Å². The van der Waals surface area contributed by atoms with Crippen LogP contribution in [0.1, 0.15) is 74.0 Å². The zero-order chi connectivity index (χ0) is 37.8. The lowest BCUT2D eigenvalue weighted by Crippen LogP contribution is -2.46. The van der Waals surface area contributed by atoms with Gasteiger partial charge >= 0.3 is 6.01 Å². The van der Waals surface area contributed by atoms with Crippen molar-refractivity contribution in [2.24, 2.45) is 0 Å². The first-order chi connectivity index (χ1) is 26.7. The standard InChI is InChI=1S/C41H39F4N7O3/c1-2-27-29(42)8-5-23-19-26(53)20-28(32(23)27)35-34(43)37-33-30(48-35)9-7-25-21-54-18-4-16-51(25)39(33)50-40(49-37)55-22-41-12-3-17-52(41)24(11-13-41)6-10-31-36(38(44)45)47-15-14-46-31/h1,5,8,14-15,19-20,24-25,38,53H,3-4,6-7,9-13,16-18,21-22H2/t24-,25+,41+/m1/s1. The Morgan fingerprint density at radius 2 is 1.91 bits per heavy atom. The van der Waals surface area contributed by atoms with E-state index < -0.39 is 18.1 Å². The summed E-state index contributed by atoms with van der Waals surface area (Å²) in [5, 5.41) is 11.9. The average Bonchev–Trinajstić information content (AvgIpc) is 3.60. The van der Waals surface area contributed by atoms with E-state index >= 15 is 8.78 Å². The van der Waals surface area contributed by atoms with Crippen molar-refractivity contribution in [3.05, 3.63) is 70.9 Å². The van der Waals surface area contributed by atoms with Crippen LogP contribution in [0.15, 0.2) is 36.7 Å². The quantitative estimate of drug-likeness (QED) is 0.130. The van der Waals surface area contributed by atoms with E-state index in [1.165, 1.54) is 36.7 Å². The third-order valence-corrected chi connectivity index (χ3v) is 11.9. The van der Waals surface area contributed by atoms with Crippen molar-refractivity contribution in [3.8, 4) is 35.4 Å². The Balaban J connectivity index is 1.10. The number of aryl methyl sites for hydroxylation is 2. The van der Waals surface area contributed by atoms with Gasteiger partial charge in [0.1, 0.15) is 40.9 Å². The van der Waals surface area contributed by atoms with Gasteiger partial charge in [0.15, 0.2) is 5.82 Å². The number of anilines is 1. The molecule has 0 saturated carbocycles. The van der Waals surface area contributed by atoms with E-state index in [4.69, 9.17) is 30.8 Å². The van der Waals surface area contributed by atoms with Crippen LogP contribution in [0.4, 0.5) is 23.4 Å². The van der Waals surface area contributed by atoms with E-state index in [1.54, 1.807) is 0 Å². The zero-order valence-electron chi connectivity index (χ0n) is 30.1. The molecule has 0 bridgehead atoms. The maximum absolute atomic E-state index is 17.3. The van der Waals surface area contributed by atoms with Crippen LogP contribution >= 0.6 is 0 Å². The van der Waals surface area contributed by atoms with E-state index in [0.29, 0.717) is 73.4 Å². The number of ether oxygens (including phenoxy) is 2. The minimum Gasteiger partial charge on any atom is -0.508 e. The lowest BCUT2D eigenvalue weighted by molar-refractivity contribution is 0.0821. The zero-order valence-corrected chi connectivity index (χ0v) is 30.1. The Kier molecular flexibility index (Phi) is 9.17. The van der Waals surface area contributed by atoms with Crippen LogP contribution in [-0.4, -0.2) is 85.5 Å². The number of hydrogen-bond donors (Lipinski definition) is 1. The number of aromatic nitrogens is 5. The van der Waals surface area contributed by atoms with E-state index in [2.05, 4.69) is 25.7 Å². The van der Waals surface area contributed by atoms with Gasteiger partial charge in [-0.2, -0.15) is 9.97 Å². The summed E-state index contributed by atoms with van der Waals surface area (Å²) in [6, 6.07) is 5.66. The maximum atomic E-state index is 17.3. The Morgan fingerprint density at radius 3 is 2.76 bits per heavy atom. The molecule has 3 atom stereocenters. The summed E-state index contributed by atoms with van der Waals surface area (Å²) in [4.78, 5) is 27.2. The van der Waals surface area contributed by atoms with Crippen molar-refractivity contribution in [2.45, 2.75) is 81.8 Å². The van der Waals surface area contributed by atoms with Gasteiger partial charge in [-0.3, -0.25) is 14.9 Å². The smallest absolute Gasteiger partial charge is 0.319 e. The van der Waals surface area contributed by atoms with Crippen molar-refractivity contribution in [1.82, 2.24) is 29.8 Å². The highest BCUT2D eigenvalue weighted by Crippen LogP contribution is 2.45. The lowest BCUT2D eigenvalue weighted by atomic mass is 9.95. The number of alkyl halides is 2. The van der Waals surface area contributed by atoms with Gasteiger partial charge in [-0.05, 0) is 87.9 Å². The summed E-state index contributed by atoms with van der Waals surface area (Å²) in [6.45, 7) is 2.82. The van der Waals surface area contributed by atoms with Gasteiger partial charge in [0.25, 0.3) is 6.43 Å². The van der Waals surface area contributed by atoms with E-state index in [0.717, 1.165) is 38.6 Å². The van der Waals surface area contributed by atoms with E-state index in [9.17, 15) is 13.9 Å². The van der Waals surface area contributed by atoms with Crippen LogP contribution in [0.5, 0.6) is 11.8 Å².